The van der Waals surface area contributed by atoms with Crippen LogP contribution in [0.25, 0.3) is 10.9 Å². The molecule has 1 fully saturated rings. The third kappa shape index (κ3) is 3.02. The van der Waals surface area contributed by atoms with Crippen molar-refractivity contribution in [1.82, 2.24) is 15.2 Å². The summed E-state index contributed by atoms with van der Waals surface area (Å²) in [6.07, 6.45) is 5.22. The van der Waals surface area contributed by atoms with Gasteiger partial charge < -0.3 is 15.2 Å². The number of carbonyl (C=O) groups is 1. The summed E-state index contributed by atoms with van der Waals surface area (Å²) < 4.78 is 2.14. The maximum Gasteiger partial charge on any atom is 0.221 e. The molecule has 1 saturated carbocycles. The van der Waals surface area contributed by atoms with Crippen LogP contribution in [-0.2, 0) is 17.9 Å². The largest absolute Gasteiger partial charge is 0.359 e. The molecule has 0 atom stereocenters. The van der Waals surface area contributed by atoms with Gasteiger partial charge in [-0.3, -0.25) is 4.79 Å². The molecule has 2 N–H and O–H groups in total. The molecular weight excluding hydrogens is 250 g/mol. The van der Waals surface area contributed by atoms with Crippen LogP contribution in [0.2, 0.25) is 0 Å². The number of aryl methyl sites for hydroxylation is 1. The highest BCUT2D eigenvalue weighted by molar-refractivity contribution is 5.81. The van der Waals surface area contributed by atoms with Crippen molar-refractivity contribution in [3.63, 3.8) is 0 Å². The predicted octanol–water partition coefficient (Wildman–Crippen LogP) is 2.03. The van der Waals surface area contributed by atoms with Crippen LogP contribution in [0.3, 0.4) is 0 Å². The van der Waals surface area contributed by atoms with Crippen LogP contribution in [0.5, 0.6) is 0 Å². The van der Waals surface area contributed by atoms with Crippen LogP contribution in [-0.4, -0.2) is 23.6 Å². The number of nitrogens with zero attached hydrogens (tertiary/aromatic N) is 1. The fourth-order valence-electron chi connectivity index (χ4n) is 2.45. The van der Waals surface area contributed by atoms with Gasteiger partial charge in [0.1, 0.15) is 0 Å². The van der Waals surface area contributed by atoms with E-state index in [1.807, 2.05) is 0 Å². The summed E-state index contributed by atoms with van der Waals surface area (Å²) in [5, 5.41) is 7.44. The lowest BCUT2D eigenvalue weighted by Gasteiger charge is -2.06. The first-order valence-electron chi connectivity index (χ1n) is 7.28. The Bertz CT molecular complexity index is 613. The van der Waals surface area contributed by atoms with Crippen molar-refractivity contribution in [3.8, 4) is 0 Å². The molecule has 0 spiro atoms. The minimum absolute atomic E-state index is 0.0807. The molecule has 0 bridgehead atoms. The van der Waals surface area contributed by atoms with Crippen molar-refractivity contribution in [2.75, 3.05) is 7.05 Å². The van der Waals surface area contributed by atoms with Gasteiger partial charge in [0.15, 0.2) is 0 Å². The lowest BCUT2D eigenvalue weighted by atomic mass is 10.1. The lowest BCUT2D eigenvalue weighted by molar-refractivity contribution is -0.120. The van der Waals surface area contributed by atoms with E-state index in [1.54, 1.807) is 7.05 Å². The molecular formula is C16H21N3O. The average Bonchev–Trinajstić information content (AvgIpc) is 3.22. The van der Waals surface area contributed by atoms with Crippen LogP contribution in [0.15, 0.2) is 30.5 Å². The second kappa shape index (κ2) is 5.67. The molecule has 0 saturated heterocycles. The number of aromatic nitrogens is 1. The molecule has 1 heterocycles. The van der Waals surface area contributed by atoms with Gasteiger partial charge in [-0.1, -0.05) is 6.07 Å². The van der Waals surface area contributed by atoms with E-state index in [9.17, 15) is 4.79 Å². The van der Waals surface area contributed by atoms with Gasteiger partial charge >= 0.3 is 0 Å². The molecule has 4 nitrogen and oxygen atoms in total. The highest BCUT2D eigenvalue weighted by Gasteiger charge is 2.19. The molecule has 1 aliphatic rings. The Morgan fingerprint density at radius 1 is 1.35 bits per heavy atom. The first-order chi connectivity index (χ1) is 9.76. The lowest BCUT2D eigenvalue weighted by Crippen LogP contribution is -2.19. The van der Waals surface area contributed by atoms with Crippen molar-refractivity contribution < 1.29 is 4.79 Å². The van der Waals surface area contributed by atoms with Crippen molar-refractivity contribution in [2.24, 2.45) is 0 Å². The third-order valence-electron chi connectivity index (χ3n) is 3.87. The second-order valence-corrected chi connectivity index (χ2v) is 5.48. The maximum absolute atomic E-state index is 11.3. The Labute approximate surface area is 119 Å². The molecule has 1 amide bonds. The van der Waals surface area contributed by atoms with E-state index < -0.39 is 0 Å². The summed E-state index contributed by atoms with van der Waals surface area (Å²) in [7, 11) is 1.68. The van der Waals surface area contributed by atoms with Gasteiger partial charge in [-0.25, -0.2) is 0 Å². The standard InChI is InChI=1S/C16H21N3O/c1-17-16(20)7-9-19-8-6-13-10-12(2-5-15(13)19)11-18-14-3-4-14/h2,5-6,8,10,14,18H,3-4,7,9,11H2,1H3,(H,17,20). The monoisotopic (exact) mass is 271 g/mol. The van der Waals surface area contributed by atoms with Gasteiger partial charge in [0.25, 0.3) is 0 Å². The van der Waals surface area contributed by atoms with E-state index in [2.05, 4.69) is 45.7 Å². The molecule has 0 radical (unpaired) electrons. The van der Waals surface area contributed by atoms with Gasteiger partial charge in [0.2, 0.25) is 5.91 Å². The molecule has 0 aliphatic heterocycles. The Morgan fingerprint density at radius 3 is 2.95 bits per heavy atom. The highest BCUT2D eigenvalue weighted by atomic mass is 16.1. The van der Waals surface area contributed by atoms with Crippen LogP contribution < -0.4 is 10.6 Å². The van der Waals surface area contributed by atoms with Gasteiger partial charge in [0.05, 0.1) is 0 Å². The molecule has 1 aromatic carbocycles. The molecule has 20 heavy (non-hydrogen) atoms. The molecule has 4 heteroatoms. The number of hydrogen-bond acceptors (Lipinski definition) is 2. The van der Waals surface area contributed by atoms with E-state index >= 15 is 0 Å². The summed E-state index contributed by atoms with van der Waals surface area (Å²) in [6, 6.07) is 9.43. The summed E-state index contributed by atoms with van der Waals surface area (Å²) >= 11 is 0. The highest BCUT2D eigenvalue weighted by Crippen LogP contribution is 2.21. The average molecular weight is 271 g/mol. The topological polar surface area (TPSA) is 46.1 Å². The van der Waals surface area contributed by atoms with Gasteiger partial charge in [-0.05, 0) is 42.0 Å². The van der Waals surface area contributed by atoms with Crippen molar-refractivity contribution >= 4 is 16.8 Å². The zero-order valence-corrected chi connectivity index (χ0v) is 11.9. The smallest absolute Gasteiger partial charge is 0.221 e. The normalized spacial score (nSPS) is 14.7. The molecule has 2 aromatic rings. The van der Waals surface area contributed by atoms with Crippen LogP contribution in [0, 0.1) is 0 Å². The fourth-order valence-corrected chi connectivity index (χ4v) is 2.45. The molecule has 3 rings (SSSR count). The zero-order valence-electron chi connectivity index (χ0n) is 11.9. The summed E-state index contributed by atoms with van der Waals surface area (Å²) in [5.74, 6) is 0.0807. The van der Waals surface area contributed by atoms with Gasteiger partial charge in [-0.15, -0.1) is 0 Å². The first-order valence-corrected chi connectivity index (χ1v) is 7.28. The second-order valence-electron chi connectivity index (χ2n) is 5.48. The van der Waals surface area contributed by atoms with Gasteiger partial charge in [-0.2, -0.15) is 0 Å². The van der Waals surface area contributed by atoms with E-state index in [4.69, 9.17) is 0 Å². The number of nitrogens with one attached hydrogen (secondary N) is 2. The number of rotatable bonds is 6. The number of fused-ring (bicyclic) bond motifs is 1. The fraction of sp³-hybridized carbons (Fsp3) is 0.438. The van der Waals surface area contributed by atoms with Gasteiger partial charge in [0, 0.05) is 44.3 Å². The van der Waals surface area contributed by atoms with Crippen molar-refractivity contribution in [2.45, 2.75) is 38.4 Å². The Balaban J connectivity index is 1.70. The minimum Gasteiger partial charge on any atom is -0.359 e. The number of benzene rings is 1. The van der Waals surface area contributed by atoms with E-state index in [1.165, 1.54) is 29.3 Å². The SMILES string of the molecule is CNC(=O)CCn1ccc2cc(CNC3CC3)ccc21. The Kier molecular flexibility index (Phi) is 3.74. The van der Waals surface area contributed by atoms with E-state index in [0.29, 0.717) is 6.42 Å². The van der Waals surface area contributed by atoms with Crippen LogP contribution in [0.4, 0.5) is 0 Å². The number of hydrogen-bond donors (Lipinski definition) is 2. The number of carbonyl (C=O) groups excluding carboxylic acids is 1. The Hall–Kier alpha value is -1.81. The van der Waals surface area contributed by atoms with E-state index in [0.717, 1.165) is 19.1 Å². The predicted molar refractivity (Wildman–Crippen MR) is 80.5 cm³/mol. The molecule has 106 valence electrons. The van der Waals surface area contributed by atoms with Crippen molar-refractivity contribution in [3.05, 3.63) is 36.0 Å². The third-order valence-corrected chi connectivity index (χ3v) is 3.87. The van der Waals surface area contributed by atoms with Crippen molar-refractivity contribution in [1.29, 1.82) is 0 Å². The number of amides is 1. The first kappa shape index (κ1) is 13.2. The quantitative estimate of drug-likeness (QED) is 0.844. The summed E-state index contributed by atoms with van der Waals surface area (Å²) in [5.41, 5.74) is 2.53. The minimum atomic E-state index is 0.0807. The summed E-state index contributed by atoms with van der Waals surface area (Å²) in [4.78, 5) is 11.3. The maximum atomic E-state index is 11.3. The Morgan fingerprint density at radius 2 is 2.20 bits per heavy atom. The molecule has 0 unspecified atom stereocenters. The van der Waals surface area contributed by atoms with E-state index in [-0.39, 0.29) is 5.91 Å². The zero-order chi connectivity index (χ0) is 13.9. The van der Waals surface area contributed by atoms with Crippen LogP contribution in [0.1, 0.15) is 24.8 Å². The van der Waals surface area contributed by atoms with Crippen LogP contribution >= 0.6 is 0 Å². The molecule has 1 aromatic heterocycles. The summed E-state index contributed by atoms with van der Waals surface area (Å²) in [6.45, 7) is 1.67. The molecule has 1 aliphatic carbocycles.